The second kappa shape index (κ2) is 9.43. The van der Waals surface area contributed by atoms with Crippen LogP contribution < -0.4 is 10.1 Å². The summed E-state index contributed by atoms with van der Waals surface area (Å²) in [6.07, 6.45) is 0.475. The molecule has 6 heteroatoms. The molecule has 0 aliphatic carbocycles. The molecule has 2 aromatic carbocycles. The summed E-state index contributed by atoms with van der Waals surface area (Å²) >= 11 is 3.76. The summed E-state index contributed by atoms with van der Waals surface area (Å²) in [6.45, 7) is -0.0439. The second-order valence-corrected chi connectivity index (χ2v) is 6.93. The molecule has 2 aromatic rings. The zero-order valence-electron chi connectivity index (χ0n) is 12.3. The molecule has 0 radical (unpaired) electrons. The van der Waals surface area contributed by atoms with E-state index in [-0.39, 0.29) is 12.5 Å². The van der Waals surface area contributed by atoms with Crippen molar-refractivity contribution in [3.05, 3.63) is 52.1 Å². The van der Waals surface area contributed by atoms with Crippen molar-refractivity contribution in [2.45, 2.75) is 11.3 Å². The number of carbonyl (C=O) groups is 1. The van der Waals surface area contributed by atoms with Gasteiger partial charge >= 0.3 is 0 Å². The Hall–Kier alpha value is -1.72. The minimum Gasteiger partial charge on any atom is -0.484 e. The van der Waals surface area contributed by atoms with Crippen molar-refractivity contribution in [1.29, 1.82) is 5.26 Å². The molecule has 0 spiro atoms. The molecule has 0 saturated carbocycles. The molecule has 0 aromatic heterocycles. The van der Waals surface area contributed by atoms with Gasteiger partial charge in [-0.1, -0.05) is 12.1 Å². The molecule has 2 rings (SSSR count). The largest absolute Gasteiger partial charge is 0.484 e. The van der Waals surface area contributed by atoms with Gasteiger partial charge in [-0.3, -0.25) is 4.79 Å². The lowest BCUT2D eigenvalue weighted by atomic mass is 10.3. The number of hydrogen-bond acceptors (Lipinski definition) is 4. The summed E-state index contributed by atoms with van der Waals surface area (Å²) < 4.78 is 6.58. The summed E-state index contributed by atoms with van der Waals surface area (Å²) in [7, 11) is 0. The van der Waals surface area contributed by atoms with Crippen molar-refractivity contribution in [1.82, 2.24) is 0 Å². The van der Waals surface area contributed by atoms with Crippen molar-refractivity contribution in [3.63, 3.8) is 0 Å². The predicted octanol–water partition coefficient (Wildman–Crippen LogP) is 4.31. The van der Waals surface area contributed by atoms with Crippen LogP contribution in [0.5, 0.6) is 5.75 Å². The van der Waals surface area contributed by atoms with E-state index in [1.807, 2.05) is 48.5 Å². The summed E-state index contributed by atoms with van der Waals surface area (Å²) in [4.78, 5) is 13.0. The van der Waals surface area contributed by atoms with Crippen LogP contribution in [0.3, 0.4) is 0 Å². The predicted molar refractivity (Wildman–Crippen MR) is 101 cm³/mol. The molecule has 1 N–H and O–H groups in total. The molecule has 1 amide bonds. The van der Waals surface area contributed by atoms with E-state index >= 15 is 0 Å². The SMILES string of the molecule is N#CCCSc1ccccc1NC(=O)COc1ccc(I)cc1. The van der Waals surface area contributed by atoms with E-state index in [2.05, 4.69) is 34.0 Å². The zero-order chi connectivity index (χ0) is 16.5. The molecule has 0 heterocycles. The van der Waals surface area contributed by atoms with Crippen LogP contribution in [0, 0.1) is 14.9 Å². The summed E-state index contributed by atoms with van der Waals surface area (Å²) in [5.41, 5.74) is 0.742. The Bertz CT molecular complexity index is 698. The highest BCUT2D eigenvalue weighted by Gasteiger charge is 2.08. The maximum atomic E-state index is 12.0. The Balaban J connectivity index is 1.89. The van der Waals surface area contributed by atoms with Crippen molar-refractivity contribution < 1.29 is 9.53 Å². The molecule has 0 aliphatic rings. The van der Waals surface area contributed by atoms with E-state index in [1.165, 1.54) is 0 Å². The lowest BCUT2D eigenvalue weighted by Crippen LogP contribution is -2.20. The van der Waals surface area contributed by atoms with E-state index < -0.39 is 0 Å². The summed E-state index contributed by atoms with van der Waals surface area (Å²) in [5.74, 6) is 1.15. The standard InChI is InChI=1S/C17H15IN2O2S/c18-13-6-8-14(9-7-13)22-12-17(21)20-15-4-1-2-5-16(15)23-11-3-10-19/h1-2,4-9H,3,11-12H2,(H,20,21). The van der Waals surface area contributed by atoms with Crippen LogP contribution in [0.2, 0.25) is 0 Å². The average molecular weight is 438 g/mol. The van der Waals surface area contributed by atoms with E-state index in [4.69, 9.17) is 10.00 Å². The third-order valence-corrected chi connectivity index (χ3v) is 4.61. The van der Waals surface area contributed by atoms with Crippen molar-refractivity contribution >= 4 is 45.9 Å². The number of nitrogens with zero attached hydrogens (tertiary/aromatic N) is 1. The van der Waals surface area contributed by atoms with Gasteiger partial charge in [-0.2, -0.15) is 5.26 Å². The Labute approximate surface area is 153 Å². The number of halogens is 1. The van der Waals surface area contributed by atoms with Gasteiger partial charge in [0.25, 0.3) is 5.91 Å². The Kier molecular flexibility index (Phi) is 7.23. The number of benzene rings is 2. The highest BCUT2D eigenvalue weighted by molar-refractivity contribution is 14.1. The van der Waals surface area contributed by atoms with Gasteiger partial charge in [-0.05, 0) is 59.0 Å². The molecule has 0 saturated heterocycles. The molecule has 4 nitrogen and oxygen atoms in total. The third-order valence-electron chi connectivity index (χ3n) is 2.82. The molecule has 0 bridgehead atoms. The van der Waals surface area contributed by atoms with Crippen LogP contribution in [-0.2, 0) is 4.79 Å². The van der Waals surface area contributed by atoms with E-state index in [0.717, 1.165) is 14.2 Å². The van der Waals surface area contributed by atoms with Crippen LogP contribution in [0.1, 0.15) is 6.42 Å². The van der Waals surface area contributed by atoms with Gasteiger partial charge in [0, 0.05) is 20.6 Å². The van der Waals surface area contributed by atoms with Crippen LogP contribution in [0.25, 0.3) is 0 Å². The number of hydrogen-bond donors (Lipinski definition) is 1. The molecule has 0 atom stereocenters. The van der Waals surface area contributed by atoms with Gasteiger partial charge in [0.15, 0.2) is 6.61 Å². The van der Waals surface area contributed by atoms with Crippen LogP contribution in [0.15, 0.2) is 53.4 Å². The van der Waals surface area contributed by atoms with Crippen molar-refractivity contribution in [3.8, 4) is 11.8 Å². The Morgan fingerprint density at radius 2 is 1.96 bits per heavy atom. The van der Waals surface area contributed by atoms with Gasteiger partial charge in [0.1, 0.15) is 5.75 Å². The minimum absolute atomic E-state index is 0.0439. The molecule has 23 heavy (non-hydrogen) atoms. The third kappa shape index (κ3) is 6.12. The van der Waals surface area contributed by atoms with Gasteiger partial charge in [-0.25, -0.2) is 0 Å². The molecule has 0 aliphatic heterocycles. The normalized spacial score (nSPS) is 9.91. The number of carbonyl (C=O) groups excluding carboxylic acids is 1. The topological polar surface area (TPSA) is 62.1 Å². The van der Waals surface area contributed by atoms with Crippen molar-refractivity contribution in [2.75, 3.05) is 17.7 Å². The lowest BCUT2D eigenvalue weighted by molar-refractivity contribution is -0.118. The number of nitrogens with one attached hydrogen (secondary N) is 1. The van der Waals surface area contributed by atoms with Gasteiger partial charge in [0.2, 0.25) is 0 Å². The molecular weight excluding hydrogens is 423 g/mol. The lowest BCUT2D eigenvalue weighted by Gasteiger charge is -2.11. The first-order valence-corrected chi connectivity index (χ1v) is 9.02. The van der Waals surface area contributed by atoms with Crippen LogP contribution in [-0.4, -0.2) is 18.3 Å². The Morgan fingerprint density at radius 1 is 1.22 bits per heavy atom. The number of nitriles is 1. The molecule has 0 fully saturated rings. The van der Waals surface area contributed by atoms with Gasteiger partial charge in [-0.15, -0.1) is 11.8 Å². The number of anilines is 1. The maximum Gasteiger partial charge on any atom is 0.262 e. The van der Waals surface area contributed by atoms with Gasteiger partial charge in [0.05, 0.1) is 11.8 Å². The fourth-order valence-electron chi connectivity index (χ4n) is 1.77. The first kappa shape index (κ1) is 17.6. The average Bonchev–Trinajstić information content (AvgIpc) is 2.56. The highest BCUT2D eigenvalue weighted by Crippen LogP contribution is 2.27. The number of para-hydroxylation sites is 1. The van der Waals surface area contributed by atoms with Crippen molar-refractivity contribution in [2.24, 2.45) is 0 Å². The number of amides is 1. The highest BCUT2D eigenvalue weighted by atomic mass is 127. The van der Waals surface area contributed by atoms with E-state index in [9.17, 15) is 4.79 Å². The molecular formula is C17H15IN2O2S. The number of thioether (sulfide) groups is 1. The van der Waals surface area contributed by atoms with E-state index in [0.29, 0.717) is 17.9 Å². The Morgan fingerprint density at radius 3 is 2.70 bits per heavy atom. The van der Waals surface area contributed by atoms with E-state index in [1.54, 1.807) is 11.8 Å². The van der Waals surface area contributed by atoms with Crippen LogP contribution >= 0.6 is 34.4 Å². The first-order chi connectivity index (χ1) is 11.2. The second-order valence-electron chi connectivity index (χ2n) is 4.54. The number of ether oxygens (including phenoxy) is 1. The molecule has 0 unspecified atom stereocenters. The smallest absolute Gasteiger partial charge is 0.262 e. The quantitative estimate of drug-likeness (QED) is 0.398. The fraction of sp³-hybridized carbons (Fsp3) is 0.176. The van der Waals surface area contributed by atoms with Crippen LogP contribution in [0.4, 0.5) is 5.69 Å². The maximum absolute atomic E-state index is 12.0. The monoisotopic (exact) mass is 438 g/mol. The zero-order valence-corrected chi connectivity index (χ0v) is 15.3. The van der Waals surface area contributed by atoms with Gasteiger partial charge < -0.3 is 10.1 Å². The number of rotatable bonds is 7. The minimum atomic E-state index is -0.211. The summed E-state index contributed by atoms with van der Waals surface area (Å²) in [6, 6.07) is 17.2. The first-order valence-electron chi connectivity index (χ1n) is 6.96. The molecule has 118 valence electrons. The fourth-order valence-corrected chi connectivity index (χ4v) is 2.99. The summed E-state index contributed by atoms with van der Waals surface area (Å²) in [5, 5.41) is 11.5.